The van der Waals surface area contributed by atoms with Crippen LogP contribution in [0.2, 0.25) is 18.1 Å². The third-order valence-electron chi connectivity index (χ3n) is 5.86. The van der Waals surface area contributed by atoms with E-state index in [1.165, 1.54) is 0 Å². The summed E-state index contributed by atoms with van der Waals surface area (Å²) in [7, 11) is -1.97. The number of carbonyl (C=O) groups excluding carboxylic acids is 1. The first-order valence-corrected chi connectivity index (χ1v) is 12.9. The fourth-order valence-corrected chi connectivity index (χ4v) is 4.57. The summed E-state index contributed by atoms with van der Waals surface area (Å²) >= 11 is 0. The molecule has 0 spiro atoms. The summed E-state index contributed by atoms with van der Waals surface area (Å²) in [6.45, 7) is 15.4. The molecule has 6 heteroatoms. The van der Waals surface area contributed by atoms with E-state index in [1.54, 1.807) is 11.0 Å². The average molecular weight is 406 g/mol. The SMILES string of the molecule is C=CC[C@@H](O)[C@@H]1C[C@@H](O[Si](C)(C)C(C)(C)C)CN1C(=O)OCc1ccccc1. The van der Waals surface area contributed by atoms with Crippen molar-refractivity contribution in [2.24, 2.45) is 0 Å². The Morgan fingerprint density at radius 2 is 2.00 bits per heavy atom. The van der Waals surface area contributed by atoms with Gasteiger partial charge in [0.2, 0.25) is 0 Å². The van der Waals surface area contributed by atoms with Crippen LogP contribution in [0.25, 0.3) is 0 Å². The molecule has 5 nitrogen and oxygen atoms in total. The number of rotatable bonds is 7. The summed E-state index contributed by atoms with van der Waals surface area (Å²) in [4.78, 5) is 14.4. The molecule has 1 aromatic carbocycles. The van der Waals surface area contributed by atoms with Gasteiger partial charge < -0.3 is 14.3 Å². The van der Waals surface area contributed by atoms with Crippen LogP contribution in [-0.4, -0.2) is 49.2 Å². The van der Waals surface area contributed by atoms with Crippen molar-refractivity contribution in [2.45, 2.75) is 76.6 Å². The molecule has 0 bridgehead atoms. The molecule has 2 rings (SSSR count). The molecule has 0 saturated carbocycles. The lowest BCUT2D eigenvalue weighted by Crippen LogP contribution is -2.45. The minimum atomic E-state index is -1.97. The van der Waals surface area contributed by atoms with E-state index in [0.717, 1.165) is 5.56 Å². The first kappa shape index (κ1) is 22.7. The van der Waals surface area contributed by atoms with E-state index in [-0.39, 0.29) is 23.8 Å². The van der Waals surface area contributed by atoms with Crippen molar-refractivity contribution in [1.82, 2.24) is 4.90 Å². The number of hydrogen-bond donors (Lipinski definition) is 1. The van der Waals surface area contributed by atoms with Crippen LogP contribution in [0.1, 0.15) is 39.2 Å². The van der Waals surface area contributed by atoms with Crippen LogP contribution in [0.15, 0.2) is 43.0 Å². The summed E-state index contributed by atoms with van der Waals surface area (Å²) in [5, 5.41) is 10.7. The van der Waals surface area contributed by atoms with Gasteiger partial charge in [0.05, 0.1) is 18.2 Å². The lowest BCUT2D eigenvalue weighted by atomic mass is 10.1. The Bertz CT molecular complexity index is 656. The standard InChI is InChI=1S/C22H35NO4Si/c1-7-11-20(24)19-14-18(27-28(5,6)22(2,3)4)15-23(19)21(25)26-16-17-12-9-8-10-13-17/h7-10,12-13,18-20,24H,1,11,14-16H2,2-6H3/t18-,19+,20-/m1/s1. The van der Waals surface area contributed by atoms with Crippen LogP contribution < -0.4 is 0 Å². The van der Waals surface area contributed by atoms with Gasteiger partial charge in [0.1, 0.15) is 6.61 Å². The first-order valence-electron chi connectivity index (χ1n) is 9.99. The minimum Gasteiger partial charge on any atom is -0.445 e. The molecule has 1 aliphatic rings. The highest BCUT2D eigenvalue weighted by atomic mass is 28.4. The van der Waals surface area contributed by atoms with Gasteiger partial charge in [-0.2, -0.15) is 0 Å². The zero-order valence-corrected chi connectivity index (χ0v) is 18.9. The summed E-state index contributed by atoms with van der Waals surface area (Å²) in [5.41, 5.74) is 0.937. The van der Waals surface area contributed by atoms with E-state index in [1.807, 2.05) is 30.3 Å². The predicted molar refractivity (Wildman–Crippen MR) is 115 cm³/mol. The molecular weight excluding hydrogens is 370 g/mol. The van der Waals surface area contributed by atoms with E-state index in [9.17, 15) is 9.90 Å². The molecule has 1 heterocycles. The number of aliphatic hydroxyl groups is 1. The van der Waals surface area contributed by atoms with E-state index in [0.29, 0.717) is 19.4 Å². The molecule has 28 heavy (non-hydrogen) atoms. The number of likely N-dealkylation sites (tertiary alicyclic amines) is 1. The largest absolute Gasteiger partial charge is 0.445 e. The van der Waals surface area contributed by atoms with Crippen LogP contribution >= 0.6 is 0 Å². The van der Waals surface area contributed by atoms with Crippen molar-refractivity contribution in [3.05, 3.63) is 48.6 Å². The minimum absolute atomic E-state index is 0.0868. The molecule has 0 aliphatic carbocycles. The molecular formula is C22H35NO4Si. The second kappa shape index (κ2) is 9.24. The van der Waals surface area contributed by atoms with Gasteiger partial charge in [-0.1, -0.05) is 57.2 Å². The third-order valence-corrected chi connectivity index (χ3v) is 10.4. The van der Waals surface area contributed by atoms with Crippen molar-refractivity contribution in [3.63, 3.8) is 0 Å². The van der Waals surface area contributed by atoms with Gasteiger partial charge in [-0.3, -0.25) is 4.90 Å². The highest BCUT2D eigenvalue weighted by Crippen LogP contribution is 2.39. The van der Waals surface area contributed by atoms with Gasteiger partial charge in [0.15, 0.2) is 8.32 Å². The van der Waals surface area contributed by atoms with Gasteiger partial charge in [0.25, 0.3) is 0 Å². The van der Waals surface area contributed by atoms with Crippen LogP contribution in [0, 0.1) is 0 Å². The van der Waals surface area contributed by atoms with Gasteiger partial charge in [-0.25, -0.2) is 4.79 Å². The second-order valence-electron chi connectivity index (χ2n) is 9.09. The van der Waals surface area contributed by atoms with Crippen molar-refractivity contribution in [2.75, 3.05) is 6.54 Å². The molecule has 156 valence electrons. The Morgan fingerprint density at radius 3 is 2.57 bits per heavy atom. The Morgan fingerprint density at radius 1 is 1.36 bits per heavy atom. The number of amides is 1. The Labute approximate surface area is 170 Å². The maximum absolute atomic E-state index is 12.8. The van der Waals surface area contributed by atoms with Crippen LogP contribution in [0.5, 0.6) is 0 Å². The fourth-order valence-electron chi connectivity index (χ4n) is 3.21. The van der Waals surface area contributed by atoms with Crippen LogP contribution in [0.3, 0.4) is 0 Å². The molecule has 0 aromatic heterocycles. The third kappa shape index (κ3) is 5.69. The maximum atomic E-state index is 12.8. The summed E-state index contributed by atoms with van der Waals surface area (Å²) in [6.07, 6.45) is 1.56. The average Bonchev–Trinajstić information content (AvgIpc) is 3.03. The van der Waals surface area contributed by atoms with Crippen molar-refractivity contribution >= 4 is 14.4 Å². The Hall–Kier alpha value is -1.63. The van der Waals surface area contributed by atoms with Crippen LogP contribution in [0.4, 0.5) is 4.79 Å². The number of aliphatic hydroxyl groups excluding tert-OH is 1. The van der Waals surface area contributed by atoms with Crippen molar-refractivity contribution in [1.29, 1.82) is 0 Å². The molecule has 1 saturated heterocycles. The smallest absolute Gasteiger partial charge is 0.410 e. The number of nitrogens with zero attached hydrogens (tertiary/aromatic N) is 1. The van der Waals surface area contributed by atoms with E-state index in [4.69, 9.17) is 9.16 Å². The quantitative estimate of drug-likeness (QED) is 0.526. The highest BCUT2D eigenvalue weighted by molar-refractivity contribution is 6.74. The lowest BCUT2D eigenvalue weighted by molar-refractivity contribution is 0.0493. The Balaban J connectivity index is 2.08. The Kier molecular flexibility index (Phi) is 7.48. The van der Waals surface area contributed by atoms with Crippen LogP contribution in [-0.2, 0) is 15.8 Å². The molecule has 1 amide bonds. The van der Waals surface area contributed by atoms with Gasteiger partial charge in [0, 0.05) is 6.54 Å². The lowest BCUT2D eigenvalue weighted by Gasteiger charge is -2.38. The molecule has 1 aromatic rings. The molecule has 0 radical (unpaired) electrons. The molecule has 1 N–H and O–H groups in total. The normalized spacial score (nSPS) is 21.4. The van der Waals surface area contributed by atoms with E-state index in [2.05, 4.69) is 40.4 Å². The predicted octanol–water partition coefficient (Wildman–Crippen LogP) is 4.72. The zero-order chi connectivity index (χ0) is 20.9. The van der Waals surface area contributed by atoms with Gasteiger partial charge in [-0.15, -0.1) is 6.58 Å². The molecule has 1 aliphatic heterocycles. The monoisotopic (exact) mass is 405 g/mol. The van der Waals surface area contributed by atoms with E-state index >= 15 is 0 Å². The fraction of sp³-hybridized carbons (Fsp3) is 0.591. The number of benzene rings is 1. The van der Waals surface area contributed by atoms with Crippen molar-refractivity contribution in [3.8, 4) is 0 Å². The first-order chi connectivity index (χ1) is 13.0. The number of ether oxygens (including phenoxy) is 1. The zero-order valence-electron chi connectivity index (χ0n) is 17.9. The highest BCUT2D eigenvalue weighted by Gasteiger charge is 2.45. The topological polar surface area (TPSA) is 59.0 Å². The molecule has 3 atom stereocenters. The van der Waals surface area contributed by atoms with Gasteiger partial charge in [-0.05, 0) is 36.5 Å². The summed E-state index contributed by atoms with van der Waals surface area (Å²) in [6, 6.07) is 9.28. The number of carbonyl (C=O) groups is 1. The van der Waals surface area contributed by atoms with Crippen molar-refractivity contribution < 1.29 is 19.1 Å². The van der Waals surface area contributed by atoms with Gasteiger partial charge >= 0.3 is 6.09 Å². The molecule has 1 fully saturated rings. The maximum Gasteiger partial charge on any atom is 0.410 e. The summed E-state index contributed by atoms with van der Waals surface area (Å²) < 4.78 is 12.0. The summed E-state index contributed by atoms with van der Waals surface area (Å²) in [5.74, 6) is 0. The second-order valence-corrected chi connectivity index (χ2v) is 13.8. The van der Waals surface area contributed by atoms with E-state index < -0.39 is 20.5 Å². The molecule has 0 unspecified atom stereocenters. The number of hydrogen-bond acceptors (Lipinski definition) is 4.